The number of carbonyl (C=O) groups is 4. The second-order valence-electron chi connectivity index (χ2n) is 5.76. The van der Waals surface area contributed by atoms with E-state index in [2.05, 4.69) is 5.32 Å². The van der Waals surface area contributed by atoms with Crippen molar-refractivity contribution in [2.75, 3.05) is 39.3 Å². The minimum atomic E-state index is -0.619. The Morgan fingerprint density at radius 1 is 1.00 bits per heavy atom. The van der Waals surface area contributed by atoms with E-state index in [9.17, 15) is 19.2 Å². The van der Waals surface area contributed by atoms with Crippen LogP contribution in [0.5, 0.6) is 0 Å². The summed E-state index contributed by atoms with van der Waals surface area (Å²) in [6.45, 7) is 2.76. The van der Waals surface area contributed by atoms with Crippen LogP contribution in [-0.2, 0) is 23.9 Å². The lowest BCUT2D eigenvalue weighted by Crippen LogP contribution is -2.34. The van der Waals surface area contributed by atoms with Gasteiger partial charge in [-0.3, -0.25) is 14.4 Å². The third-order valence-electron chi connectivity index (χ3n) is 4.00. The van der Waals surface area contributed by atoms with Gasteiger partial charge in [-0.1, -0.05) is 0 Å². The van der Waals surface area contributed by atoms with Crippen molar-refractivity contribution in [3.63, 3.8) is 0 Å². The molecule has 8 heteroatoms. The molecule has 0 aromatic carbocycles. The molecule has 0 bridgehead atoms. The summed E-state index contributed by atoms with van der Waals surface area (Å²) in [5.74, 6) is -0.836. The molecule has 2 heterocycles. The van der Waals surface area contributed by atoms with Crippen LogP contribution in [0.3, 0.4) is 0 Å². The summed E-state index contributed by atoms with van der Waals surface area (Å²) in [6.07, 6.45) is 4.99. The summed E-state index contributed by atoms with van der Waals surface area (Å²) in [5, 5.41) is 2.61. The Kier molecular flexibility index (Phi) is 6.77. The van der Waals surface area contributed by atoms with Crippen LogP contribution in [0.4, 0.5) is 0 Å². The number of nitrogens with one attached hydrogen (secondary N) is 1. The third kappa shape index (κ3) is 5.68. The first-order valence-corrected chi connectivity index (χ1v) is 8.24. The molecule has 24 heavy (non-hydrogen) atoms. The topological polar surface area (TPSA) is 96.0 Å². The number of hydrogen-bond donors (Lipinski definition) is 1. The highest BCUT2D eigenvalue weighted by Gasteiger charge is 2.20. The van der Waals surface area contributed by atoms with Crippen LogP contribution in [0.2, 0.25) is 0 Å². The summed E-state index contributed by atoms with van der Waals surface area (Å²) in [5.41, 5.74) is 0. The minimum absolute atomic E-state index is 0.0810. The van der Waals surface area contributed by atoms with Crippen molar-refractivity contribution in [3.8, 4) is 0 Å². The zero-order valence-corrected chi connectivity index (χ0v) is 13.7. The molecule has 0 unspecified atom stereocenters. The molecule has 2 saturated heterocycles. The van der Waals surface area contributed by atoms with Crippen LogP contribution < -0.4 is 5.32 Å². The lowest BCUT2D eigenvalue weighted by molar-refractivity contribution is -0.140. The standard InChI is InChI=1S/C16H23N3O5/c20-13(17-7-10-18-8-1-3-14(18)21)5-6-16(23)24-12-11-19-9-2-4-15(19)22/h5-6H,1-4,7-12H2,(H,17,20). The van der Waals surface area contributed by atoms with E-state index in [1.807, 2.05) is 0 Å². The van der Waals surface area contributed by atoms with E-state index >= 15 is 0 Å². The number of carbonyl (C=O) groups excluding carboxylic acids is 4. The van der Waals surface area contributed by atoms with Gasteiger partial charge in [0, 0.05) is 51.2 Å². The van der Waals surface area contributed by atoms with Gasteiger partial charge in [0.15, 0.2) is 0 Å². The van der Waals surface area contributed by atoms with Gasteiger partial charge in [0.05, 0.1) is 6.54 Å². The number of hydrogen-bond acceptors (Lipinski definition) is 5. The van der Waals surface area contributed by atoms with E-state index in [1.54, 1.807) is 9.80 Å². The van der Waals surface area contributed by atoms with Crippen molar-refractivity contribution in [2.24, 2.45) is 0 Å². The SMILES string of the molecule is O=C(C=CC(=O)OCCN1CCCC1=O)NCCN1CCCC1=O. The van der Waals surface area contributed by atoms with Gasteiger partial charge in [-0.05, 0) is 12.8 Å². The smallest absolute Gasteiger partial charge is 0.331 e. The summed E-state index contributed by atoms with van der Waals surface area (Å²) in [4.78, 5) is 49.2. The Morgan fingerprint density at radius 3 is 2.21 bits per heavy atom. The molecule has 2 rings (SSSR count). The predicted octanol–water partition coefficient (Wildman–Crippen LogP) is -0.553. The number of ether oxygens (including phenoxy) is 1. The van der Waals surface area contributed by atoms with Crippen LogP contribution in [0.25, 0.3) is 0 Å². The van der Waals surface area contributed by atoms with Crippen LogP contribution in [0.15, 0.2) is 12.2 Å². The average molecular weight is 337 g/mol. The zero-order chi connectivity index (χ0) is 17.4. The molecule has 0 saturated carbocycles. The highest BCUT2D eigenvalue weighted by molar-refractivity contribution is 5.94. The molecular weight excluding hydrogens is 314 g/mol. The van der Waals surface area contributed by atoms with Crippen LogP contribution in [0.1, 0.15) is 25.7 Å². The van der Waals surface area contributed by atoms with Gasteiger partial charge in [0.1, 0.15) is 6.61 Å². The number of esters is 1. The Bertz CT molecular complexity index is 486. The highest BCUT2D eigenvalue weighted by Crippen LogP contribution is 2.08. The van der Waals surface area contributed by atoms with Gasteiger partial charge >= 0.3 is 5.97 Å². The van der Waals surface area contributed by atoms with E-state index in [0.29, 0.717) is 39.0 Å². The Balaban J connectivity index is 1.55. The largest absolute Gasteiger partial charge is 0.461 e. The predicted molar refractivity (Wildman–Crippen MR) is 84.7 cm³/mol. The van der Waals surface area contributed by atoms with Gasteiger partial charge < -0.3 is 19.9 Å². The molecule has 0 aromatic rings. The van der Waals surface area contributed by atoms with E-state index in [-0.39, 0.29) is 18.4 Å². The highest BCUT2D eigenvalue weighted by atomic mass is 16.5. The maximum Gasteiger partial charge on any atom is 0.331 e. The van der Waals surface area contributed by atoms with Gasteiger partial charge in [-0.15, -0.1) is 0 Å². The number of likely N-dealkylation sites (tertiary alicyclic amines) is 2. The minimum Gasteiger partial charge on any atom is -0.461 e. The molecule has 2 fully saturated rings. The van der Waals surface area contributed by atoms with Gasteiger partial charge in [-0.2, -0.15) is 0 Å². The summed E-state index contributed by atoms with van der Waals surface area (Å²) >= 11 is 0. The molecule has 8 nitrogen and oxygen atoms in total. The van der Waals surface area contributed by atoms with E-state index in [4.69, 9.17) is 4.74 Å². The lowest BCUT2D eigenvalue weighted by atomic mass is 10.4. The maximum absolute atomic E-state index is 11.6. The fraction of sp³-hybridized carbons (Fsp3) is 0.625. The van der Waals surface area contributed by atoms with Crippen molar-refractivity contribution < 1.29 is 23.9 Å². The third-order valence-corrected chi connectivity index (χ3v) is 4.00. The number of amides is 3. The van der Waals surface area contributed by atoms with Crippen LogP contribution >= 0.6 is 0 Å². The molecule has 0 radical (unpaired) electrons. The molecule has 0 aromatic heterocycles. The fourth-order valence-electron chi connectivity index (χ4n) is 2.70. The molecule has 2 aliphatic rings. The second-order valence-corrected chi connectivity index (χ2v) is 5.76. The monoisotopic (exact) mass is 337 g/mol. The van der Waals surface area contributed by atoms with Crippen molar-refractivity contribution in [1.82, 2.24) is 15.1 Å². The van der Waals surface area contributed by atoms with Crippen LogP contribution in [-0.4, -0.2) is 72.8 Å². The molecular formula is C16H23N3O5. The Hall–Kier alpha value is -2.38. The Morgan fingerprint density at radius 2 is 1.62 bits per heavy atom. The van der Waals surface area contributed by atoms with Gasteiger partial charge in [0.2, 0.25) is 17.7 Å². The Labute approximate surface area is 140 Å². The van der Waals surface area contributed by atoms with Crippen molar-refractivity contribution in [2.45, 2.75) is 25.7 Å². The van der Waals surface area contributed by atoms with Crippen molar-refractivity contribution >= 4 is 23.7 Å². The zero-order valence-electron chi connectivity index (χ0n) is 13.7. The molecule has 0 spiro atoms. The molecule has 132 valence electrons. The quantitative estimate of drug-likeness (QED) is 0.473. The van der Waals surface area contributed by atoms with E-state index in [1.165, 1.54) is 0 Å². The molecule has 2 aliphatic heterocycles. The summed E-state index contributed by atoms with van der Waals surface area (Å²) in [6, 6.07) is 0. The average Bonchev–Trinajstić information content (AvgIpc) is 3.14. The number of rotatable bonds is 8. The van der Waals surface area contributed by atoms with Gasteiger partial charge in [-0.25, -0.2) is 4.79 Å². The summed E-state index contributed by atoms with van der Waals surface area (Å²) in [7, 11) is 0. The number of nitrogens with zero attached hydrogens (tertiary/aromatic N) is 2. The maximum atomic E-state index is 11.6. The lowest BCUT2D eigenvalue weighted by Gasteiger charge is -2.15. The van der Waals surface area contributed by atoms with Crippen molar-refractivity contribution in [3.05, 3.63) is 12.2 Å². The molecule has 1 N–H and O–H groups in total. The van der Waals surface area contributed by atoms with E-state index < -0.39 is 11.9 Å². The molecule has 0 atom stereocenters. The first-order chi connectivity index (χ1) is 11.6. The van der Waals surface area contributed by atoms with E-state index in [0.717, 1.165) is 31.5 Å². The summed E-state index contributed by atoms with van der Waals surface area (Å²) < 4.78 is 4.95. The van der Waals surface area contributed by atoms with Crippen molar-refractivity contribution in [1.29, 1.82) is 0 Å². The van der Waals surface area contributed by atoms with Gasteiger partial charge in [0.25, 0.3) is 0 Å². The molecule has 0 aliphatic carbocycles. The molecule has 3 amide bonds. The first-order valence-electron chi connectivity index (χ1n) is 8.24. The van der Waals surface area contributed by atoms with Crippen LogP contribution in [0, 0.1) is 0 Å². The normalized spacial score (nSPS) is 17.8. The first kappa shape index (κ1) is 18.0. The fourth-order valence-corrected chi connectivity index (χ4v) is 2.70. The second kappa shape index (κ2) is 9.05.